The van der Waals surface area contributed by atoms with E-state index in [0.29, 0.717) is 12.5 Å². The topological polar surface area (TPSA) is 38.9 Å². The Labute approximate surface area is 73.8 Å². The largest absolute Gasteiger partial charge is 0.326 e. The van der Waals surface area contributed by atoms with Gasteiger partial charge in [-0.1, -0.05) is 13.8 Å². The summed E-state index contributed by atoms with van der Waals surface area (Å²) in [5.74, 6) is 0.531. The normalized spacial score (nSPS) is 10.8. The summed E-state index contributed by atoms with van der Waals surface area (Å²) in [5, 5.41) is 0. The molecule has 2 N–H and O–H groups in total. The zero-order chi connectivity index (χ0) is 9.14. The van der Waals surface area contributed by atoms with Crippen molar-refractivity contribution in [2.24, 2.45) is 5.73 Å². The Kier molecular flexibility index (Phi) is 2.82. The molecule has 1 aromatic heterocycles. The summed E-state index contributed by atoms with van der Waals surface area (Å²) < 4.78 is 0. The lowest BCUT2D eigenvalue weighted by Gasteiger charge is -2.11. The highest BCUT2D eigenvalue weighted by Crippen LogP contribution is 2.19. The second-order valence-corrected chi connectivity index (χ2v) is 3.37. The molecule has 0 spiro atoms. The predicted molar refractivity (Wildman–Crippen MR) is 51.0 cm³/mol. The van der Waals surface area contributed by atoms with Crippen LogP contribution in [0.3, 0.4) is 0 Å². The van der Waals surface area contributed by atoms with Gasteiger partial charge in [0.25, 0.3) is 0 Å². The molecule has 0 aliphatic rings. The van der Waals surface area contributed by atoms with E-state index in [1.807, 2.05) is 12.4 Å². The Bertz CT molecular complexity index is 267. The van der Waals surface area contributed by atoms with Crippen LogP contribution in [0.15, 0.2) is 12.4 Å². The van der Waals surface area contributed by atoms with Crippen LogP contribution in [0.4, 0.5) is 0 Å². The summed E-state index contributed by atoms with van der Waals surface area (Å²) in [6, 6.07) is 0. The van der Waals surface area contributed by atoms with Gasteiger partial charge in [0.2, 0.25) is 0 Å². The van der Waals surface area contributed by atoms with E-state index in [4.69, 9.17) is 5.73 Å². The molecular formula is C10H16N2. The Hall–Kier alpha value is -0.890. The highest BCUT2D eigenvalue weighted by Gasteiger charge is 2.06. The van der Waals surface area contributed by atoms with Crippen molar-refractivity contribution in [1.29, 1.82) is 0 Å². The van der Waals surface area contributed by atoms with E-state index in [9.17, 15) is 0 Å². The minimum absolute atomic E-state index is 0.531. The maximum atomic E-state index is 5.58. The molecule has 0 atom stereocenters. The van der Waals surface area contributed by atoms with Crippen LogP contribution in [-0.4, -0.2) is 4.98 Å². The Balaban J connectivity index is 3.14. The molecule has 1 heterocycles. The quantitative estimate of drug-likeness (QED) is 0.725. The Morgan fingerprint density at radius 3 is 2.58 bits per heavy atom. The number of rotatable bonds is 2. The molecule has 0 aliphatic carbocycles. The van der Waals surface area contributed by atoms with E-state index in [1.165, 1.54) is 11.1 Å². The molecule has 0 aromatic carbocycles. The zero-order valence-electron chi connectivity index (χ0n) is 7.96. The minimum atomic E-state index is 0.531. The van der Waals surface area contributed by atoms with Crippen LogP contribution in [-0.2, 0) is 6.54 Å². The summed E-state index contributed by atoms with van der Waals surface area (Å²) in [5.41, 5.74) is 9.33. The fourth-order valence-electron chi connectivity index (χ4n) is 1.37. The maximum absolute atomic E-state index is 5.58. The van der Waals surface area contributed by atoms with Gasteiger partial charge in [-0.2, -0.15) is 0 Å². The predicted octanol–water partition coefficient (Wildman–Crippen LogP) is 1.97. The van der Waals surface area contributed by atoms with Gasteiger partial charge in [-0.25, -0.2) is 0 Å². The number of hydrogen-bond donors (Lipinski definition) is 1. The molecule has 66 valence electrons. The molecule has 0 bridgehead atoms. The summed E-state index contributed by atoms with van der Waals surface area (Å²) in [6.07, 6.45) is 3.78. The molecule has 2 heteroatoms. The Morgan fingerprint density at radius 2 is 2.08 bits per heavy atom. The van der Waals surface area contributed by atoms with Crippen LogP contribution in [0, 0.1) is 6.92 Å². The molecule has 0 saturated heterocycles. The van der Waals surface area contributed by atoms with Gasteiger partial charge in [-0.15, -0.1) is 0 Å². The van der Waals surface area contributed by atoms with Gasteiger partial charge in [-0.05, 0) is 29.5 Å². The van der Waals surface area contributed by atoms with E-state index >= 15 is 0 Å². The fraction of sp³-hybridized carbons (Fsp3) is 0.500. The molecule has 1 aromatic rings. The summed E-state index contributed by atoms with van der Waals surface area (Å²) in [4.78, 5) is 4.16. The van der Waals surface area contributed by atoms with Gasteiger partial charge in [0.1, 0.15) is 0 Å². The summed E-state index contributed by atoms with van der Waals surface area (Å²) in [6.45, 7) is 7.03. The standard InChI is InChI=1S/C10H16N2/c1-7(2)10-6-12-5-9(4-11)8(10)3/h5-7H,4,11H2,1-3H3. The molecule has 1 rings (SSSR count). The van der Waals surface area contributed by atoms with Crippen molar-refractivity contribution in [2.75, 3.05) is 0 Å². The monoisotopic (exact) mass is 164 g/mol. The van der Waals surface area contributed by atoms with Crippen LogP contribution in [0.2, 0.25) is 0 Å². The van der Waals surface area contributed by atoms with Gasteiger partial charge in [0.15, 0.2) is 0 Å². The number of nitrogens with zero attached hydrogens (tertiary/aromatic N) is 1. The third-order valence-electron chi connectivity index (χ3n) is 2.20. The minimum Gasteiger partial charge on any atom is -0.326 e. The second kappa shape index (κ2) is 3.68. The third kappa shape index (κ3) is 1.64. The van der Waals surface area contributed by atoms with Crippen molar-refractivity contribution in [1.82, 2.24) is 4.98 Å². The smallest absolute Gasteiger partial charge is 0.0315 e. The molecule has 0 saturated carbocycles. The van der Waals surface area contributed by atoms with Crippen LogP contribution in [0.25, 0.3) is 0 Å². The number of nitrogens with two attached hydrogens (primary N) is 1. The zero-order valence-corrected chi connectivity index (χ0v) is 7.96. The third-order valence-corrected chi connectivity index (χ3v) is 2.20. The maximum Gasteiger partial charge on any atom is 0.0315 e. The SMILES string of the molecule is Cc1c(CN)cncc1C(C)C. The molecule has 0 amide bonds. The average molecular weight is 164 g/mol. The van der Waals surface area contributed by atoms with Crippen LogP contribution in [0.5, 0.6) is 0 Å². The molecule has 0 aliphatic heterocycles. The highest BCUT2D eigenvalue weighted by molar-refractivity contribution is 5.32. The van der Waals surface area contributed by atoms with Crippen LogP contribution >= 0.6 is 0 Å². The average Bonchev–Trinajstić information content (AvgIpc) is 2.04. The van der Waals surface area contributed by atoms with E-state index in [2.05, 4.69) is 25.8 Å². The number of hydrogen-bond acceptors (Lipinski definition) is 2. The van der Waals surface area contributed by atoms with Gasteiger partial charge >= 0.3 is 0 Å². The van der Waals surface area contributed by atoms with Crippen molar-refractivity contribution in [2.45, 2.75) is 33.2 Å². The lowest BCUT2D eigenvalue weighted by atomic mass is 9.97. The molecule has 2 nitrogen and oxygen atoms in total. The fourth-order valence-corrected chi connectivity index (χ4v) is 1.37. The summed E-state index contributed by atoms with van der Waals surface area (Å²) >= 11 is 0. The Morgan fingerprint density at radius 1 is 1.42 bits per heavy atom. The molecule has 0 unspecified atom stereocenters. The molecule has 12 heavy (non-hydrogen) atoms. The van der Waals surface area contributed by atoms with Crippen molar-refractivity contribution in [3.63, 3.8) is 0 Å². The van der Waals surface area contributed by atoms with Gasteiger partial charge < -0.3 is 5.73 Å². The van der Waals surface area contributed by atoms with Crippen molar-refractivity contribution >= 4 is 0 Å². The van der Waals surface area contributed by atoms with Crippen molar-refractivity contribution in [3.8, 4) is 0 Å². The summed E-state index contributed by atoms with van der Waals surface area (Å²) in [7, 11) is 0. The molecule has 0 radical (unpaired) electrons. The first kappa shape index (κ1) is 9.20. The highest BCUT2D eigenvalue weighted by atomic mass is 14.6. The van der Waals surface area contributed by atoms with E-state index in [1.54, 1.807) is 0 Å². The number of aromatic nitrogens is 1. The van der Waals surface area contributed by atoms with Crippen molar-refractivity contribution in [3.05, 3.63) is 29.1 Å². The first-order valence-corrected chi connectivity index (χ1v) is 4.30. The van der Waals surface area contributed by atoms with Crippen molar-refractivity contribution < 1.29 is 0 Å². The first-order chi connectivity index (χ1) is 5.66. The lowest BCUT2D eigenvalue weighted by Crippen LogP contribution is -2.03. The van der Waals surface area contributed by atoms with Gasteiger partial charge in [0.05, 0.1) is 0 Å². The van der Waals surface area contributed by atoms with Crippen LogP contribution in [0.1, 0.15) is 36.5 Å². The van der Waals surface area contributed by atoms with Crippen LogP contribution < -0.4 is 5.73 Å². The van der Waals surface area contributed by atoms with Gasteiger partial charge in [0, 0.05) is 18.9 Å². The lowest BCUT2D eigenvalue weighted by molar-refractivity contribution is 0.836. The first-order valence-electron chi connectivity index (χ1n) is 4.30. The van der Waals surface area contributed by atoms with E-state index < -0.39 is 0 Å². The number of pyridine rings is 1. The van der Waals surface area contributed by atoms with Gasteiger partial charge in [-0.3, -0.25) is 4.98 Å². The van der Waals surface area contributed by atoms with E-state index in [-0.39, 0.29) is 0 Å². The van der Waals surface area contributed by atoms with E-state index in [0.717, 1.165) is 5.56 Å². The molecule has 0 fully saturated rings. The molecular weight excluding hydrogens is 148 g/mol. The second-order valence-electron chi connectivity index (χ2n) is 3.37.